The number of hydrogen-bond acceptors (Lipinski definition) is 5. The number of fused-ring (bicyclic) bond motifs is 1. The molecule has 1 atom stereocenters. The molecule has 5 nitrogen and oxygen atoms in total. The molecule has 4 rings (SSSR count). The van der Waals surface area contributed by atoms with Crippen LogP contribution in [0.15, 0.2) is 42.6 Å². The Morgan fingerprint density at radius 1 is 1.00 bits per heavy atom. The number of anilines is 1. The number of aryl methyl sites for hydroxylation is 1. The summed E-state index contributed by atoms with van der Waals surface area (Å²) >= 11 is 6.53. The van der Waals surface area contributed by atoms with Gasteiger partial charge in [0.05, 0.1) is 27.4 Å². The fourth-order valence-electron chi connectivity index (χ4n) is 3.52. The number of nitrogens with one attached hydrogen (secondary N) is 1. The molecule has 10 heteroatoms. The lowest BCUT2D eigenvalue weighted by Crippen LogP contribution is -2.10. The van der Waals surface area contributed by atoms with Crippen LogP contribution in [0.1, 0.15) is 24.2 Å². The standard InChI is InChI=1S/C24H21ClF3N4OP/c1-12(14-5-7-16(26)17(27)9-14)31-24-21(25)13(2)30-19-10-18(28)22(32-23(19)24)15-6-8-20(29-11-15)34(3,4)33/h5-12H,1-4H3,(H,30,31). The van der Waals surface area contributed by atoms with Gasteiger partial charge < -0.3 is 9.88 Å². The fourth-order valence-corrected chi connectivity index (χ4v) is 4.48. The predicted molar refractivity (Wildman–Crippen MR) is 130 cm³/mol. The van der Waals surface area contributed by atoms with Gasteiger partial charge in [-0.25, -0.2) is 23.1 Å². The van der Waals surface area contributed by atoms with Crippen LogP contribution >= 0.6 is 18.7 Å². The molecule has 0 saturated heterocycles. The van der Waals surface area contributed by atoms with E-state index in [-0.39, 0.29) is 16.2 Å². The molecule has 0 aliphatic rings. The van der Waals surface area contributed by atoms with Gasteiger partial charge >= 0.3 is 0 Å². The van der Waals surface area contributed by atoms with Gasteiger partial charge in [0.15, 0.2) is 17.5 Å². The van der Waals surface area contributed by atoms with Crippen molar-refractivity contribution in [3.05, 3.63) is 76.3 Å². The van der Waals surface area contributed by atoms with Crippen LogP contribution in [0, 0.1) is 24.4 Å². The first-order valence-electron chi connectivity index (χ1n) is 10.4. The zero-order valence-corrected chi connectivity index (χ0v) is 20.5. The third-order valence-corrected chi connectivity index (χ3v) is 7.23. The second kappa shape index (κ2) is 9.01. The van der Waals surface area contributed by atoms with Gasteiger partial charge in [0.1, 0.15) is 18.4 Å². The Bertz CT molecular complexity index is 1460. The molecule has 1 aromatic carbocycles. The summed E-state index contributed by atoms with van der Waals surface area (Å²) in [5, 5.41) is 3.46. The molecule has 3 aromatic heterocycles. The summed E-state index contributed by atoms with van der Waals surface area (Å²) in [6.45, 7) is 6.64. The smallest absolute Gasteiger partial charge is 0.159 e. The molecule has 1 N–H and O–H groups in total. The van der Waals surface area contributed by atoms with Crippen molar-refractivity contribution in [2.24, 2.45) is 0 Å². The second-order valence-corrected chi connectivity index (χ2v) is 11.9. The number of aromatic nitrogens is 3. The minimum atomic E-state index is -2.57. The topological polar surface area (TPSA) is 67.8 Å². The number of benzene rings is 1. The van der Waals surface area contributed by atoms with Crippen molar-refractivity contribution in [2.75, 3.05) is 18.6 Å². The summed E-state index contributed by atoms with van der Waals surface area (Å²) < 4.78 is 54.4. The highest BCUT2D eigenvalue weighted by atomic mass is 35.5. The van der Waals surface area contributed by atoms with Gasteiger partial charge in [-0.05, 0) is 57.0 Å². The highest BCUT2D eigenvalue weighted by molar-refractivity contribution is 7.69. The predicted octanol–water partition coefficient (Wildman–Crippen LogP) is 6.49. The lowest BCUT2D eigenvalue weighted by atomic mass is 10.1. The summed E-state index contributed by atoms with van der Waals surface area (Å²) in [6, 6.07) is 7.60. The Kier molecular flexibility index (Phi) is 6.40. The fraction of sp³-hybridized carbons (Fsp3) is 0.208. The van der Waals surface area contributed by atoms with Crippen LogP contribution in [0.25, 0.3) is 22.3 Å². The van der Waals surface area contributed by atoms with Crippen molar-refractivity contribution < 1.29 is 17.7 Å². The zero-order chi connectivity index (χ0) is 24.8. The first-order chi connectivity index (χ1) is 16.0. The highest BCUT2D eigenvalue weighted by Crippen LogP contribution is 2.37. The van der Waals surface area contributed by atoms with E-state index in [4.69, 9.17) is 11.6 Å². The van der Waals surface area contributed by atoms with Gasteiger partial charge in [-0.15, -0.1) is 0 Å². The largest absolute Gasteiger partial charge is 0.375 e. The second-order valence-electron chi connectivity index (χ2n) is 8.37. The van der Waals surface area contributed by atoms with Gasteiger partial charge in [-0.3, -0.25) is 4.98 Å². The van der Waals surface area contributed by atoms with E-state index >= 15 is 0 Å². The molecule has 0 radical (unpaired) electrons. The monoisotopic (exact) mass is 504 g/mol. The quantitative estimate of drug-likeness (QED) is 0.315. The Morgan fingerprint density at radius 2 is 1.74 bits per heavy atom. The molecule has 0 fully saturated rings. The van der Waals surface area contributed by atoms with Gasteiger partial charge in [0.2, 0.25) is 0 Å². The number of rotatable bonds is 5. The van der Waals surface area contributed by atoms with Crippen LogP contribution in [0.4, 0.5) is 18.9 Å². The van der Waals surface area contributed by atoms with Gasteiger partial charge in [-0.1, -0.05) is 17.7 Å². The van der Waals surface area contributed by atoms with E-state index in [1.165, 1.54) is 18.3 Å². The van der Waals surface area contributed by atoms with Crippen LogP contribution in [0.3, 0.4) is 0 Å². The highest BCUT2D eigenvalue weighted by Gasteiger charge is 2.20. The van der Waals surface area contributed by atoms with Crippen molar-refractivity contribution in [3.63, 3.8) is 0 Å². The van der Waals surface area contributed by atoms with E-state index in [1.807, 2.05) is 0 Å². The lowest BCUT2D eigenvalue weighted by Gasteiger charge is -2.19. The molecule has 3 heterocycles. The molecule has 0 aliphatic carbocycles. The van der Waals surface area contributed by atoms with E-state index in [2.05, 4.69) is 20.3 Å². The number of halogens is 4. The Balaban J connectivity index is 1.82. The Labute approximate surface area is 199 Å². The summed E-state index contributed by atoms with van der Waals surface area (Å²) in [4.78, 5) is 13.0. The normalized spacial score (nSPS) is 12.7. The third-order valence-electron chi connectivity index (χ3n) is 5.40. The van der Waals surface area contributed by atoms with E-state index in [9.17, 15) is 17.7 Å². The summed E-state index contributed by atoms with van der Waals surface area (Å²) in [5.74, 6) is -2.51. The molecular weight excluding hydrogens is 484 g/mol. The molecule has 1 unspecified atom stereocenters. The zero-order valence-electron chi connectivity index (χ0n) is 18.8. The van der Waals surface area contributed by atoms with Crippen molar-refractivity contribution in [1.29, 1.82) is 0 Å². The molecule has 0 spiro atoms. The Morgan fingerprint density at radius 3 is 2.35 bits per heavy atom. The third kappa shape index (κ3) is 4.65. The first kappa shape index (κ1) is 24.2. The van der Waals surface area contributed by atoms with E-state index in [0.717, 1.165) is 12.1 Å². The van der Waals surface area contributed by atoms with Crippen molar-refractivity contribution in [3.8, 4) is 11.3 Å². The van der Waals surface area contributed by atoms with Crippen LogP contribution in [0.5, 0.6) is 0 Å². The van der Waals surface area contributed by atoms with E-state index < -0.39 is 30.6 Å². The van der Waals surface area contributed by atoms with Gasteiger partial charge in [-0.2, -0.15) is 0 Å². The molecule has 0 saturated carbocycles. The molecule has 0 aliphatic heterocycles. The average molecular weight is 505 g/mol. The number of pyridine rings is 3. The summed E-state index contributed by atoms with van der Waals surface area (Å²) in [7, 11) is -2.57. The molecule has 176 valence electrons. The SMILES string of the molecule is Cc1nc2cc(F)c(-c3ccc(P(C)(C)=O)nc3)nc2c(NC(C)c2ccc(F)c(F)c2)c1Cl. The number of nitrogens with zero attached hydrogens (tertiary/aromatic N) is 3. The number of hydrogen-bond donors (Lipinski definition) is 1. The molecular formula is C24H21ClF3N4OP. The maximum Gasteiger partial charge on any atom is 0.159 e. The molecule has 4 aromatic rings. The summed E-state index contributed by atoms with van der Waals surface area (Å²) in [6.07, 6.45) is 1.42. The van der Waals surface area contributed by atoms with Crippen molar-refractivity contribution in [2.45, 2.75) is 19.9 Å². The van der Waals surface area contributed by atoms with Gasteiger partial charge in [0, 0.05) is 23.9 Å². The van der Waals surface area contributed by atoms with Crippen LogP contribution < -0.4 is 10.8 Å². The van der Waals surface area contributed by atoms with E-state index in [0.29, 0.717) is 33.5 Å². The molecule has 0 amide bonds. The molecule has 0 bridgehead atoms. The maximum absolute atomic E-state index is 15.0. The molecule has 34 heavy (non-hydrogen) atoms. The minimum absolute atomic E-state index is 0.0267. The first-order valence-corrected chi connectivity index (χ1v) is 13.3. The van der Waals surface area contributed by atoms with Crippen LogP contribution in [-0.4, -0.2) is 28.3 Å². The van der Waals surface area contributed by atoms with E-state index in [1.54, 1.807) is 39.3 Å². The van der Waals surface area contributed by atoms with Crippen molar-refractivity contribution >= 4 is 40.9 Å². The average Bonchev–Trinajstić information content (AvgIpc) is 2.78. The Hall–Kier alpha value is -2.96. The minimum Gasteiger partial charge on any atom is -0.375 e. The lowest BCUT2D eigenvalue weighted by molar-refractivity contribution is 0.506. The maximum atomic E-state index is 15.0. The van der Waals surface area contributed by atoms with Gasteiger partial charge in [0.25, 0.3) is 0 Å². The summed E-state index contributed by atoms with van der Waals surface area (Å²) in [5.41, 5.74) is 2.77. The van der Waals surface area contributed by atoms with Crippen LogP contribution in [0.2, 0.25) is 5.02 Å². The van der Waals surface area contributed by atoms with Crippen LogP contribution in [-0.2, 0) is 4.57 Å². The van der Waals surface area contributed by atoms with Crippen molar-refractivity contribution in [1.82, 2.24) is 15.0 Å².